The molecule has 2 amide bonds. The molecule has 2 saturated heterocycles. The summed E-state index contributed by atoms with van der Waals surface area (Å²) in [7, 11) is 0. The zero-order valence-corrected chi connectivity index (χ0v) is 20.9. The minimum absolute atomic E-state index is 0.0242. The van der Waals surface area contributed by atoms with Gasteiger partial charge in [-0.2, -0.15) is 0 Å². The number of rotatable bonds is 6. The monoisotopic (exact) mass is 494 g/mol. The van der Waals surface area contributed by atoms with Gasteiger partial charge in [-0.1, -0.05) is 24.3 Å². The zero-order chi connectivity index (χ0) is 25.1. The minimum atomic E-state index is -0.234. The van der Waals surface area contributed by atoms with Crippen molar-refractivity contribution in [3.8, 4) is 0 Å². The molecule has 1 aliphatic carbocycles. The van der Waals surface area contributed by atoms with E-state index in [-0.39, 0.29) is 47.4 Å². The van der Waals surface area contributed by atoms with Crippen molar-refractivity contribution in [3.05, 3.63) is 71.3 Å². The first-order valence-electron chi connectivity index (χ1n) is 13.6. The van der Waals surface area contributed by atoms with Crippen LogP contribution in [0, 0.1) is 23.5 Å². The van der Waals surface area contributed by atoms with E-state index < -0.39 is 0 Å². The third-order valence-electron chi connectivity index (χ3n) is 8.47. The van der Waals surface area contributed by atoms with Crippen LogP contribution >= 0.6 is 0 Å². The Morgan fingerprint density at radius 2 is 1.08 bits per heavy atom. The van der Waals surface area contributed by atoms with Gasteiger partial charge in [-0.15, -0.1) is 0 Å². The largest absolute Gasteiger partial charge is 0.339 e. The predicted octanol–water partition coefficient (Wildman–Crippen LogP) is 5.54. The molecule has 0 aromatic heterocycles. The van der Waals surface area contributed by atoms with Gasteiger partial charge in [-0.05, 0) is 99.6 Å². The highest BCUT2D eigenvalue weighted by Crippen LogP contribution is 2.35. The second kappa shape index (κ2) is 11.1. The number of amides is 2. The van der Waals surface area contributed by atoms with Crippen LogP contribution in [0.15, 0.2) is 48.5 Å². The van der Waals surface area contributed by atoms with Gasteiger partial charge in [0, 0.05) is 37.0 Å². The Balaban J connectivity index is 1.15. The van der Waals surface area contributed by atoms with Gasteiger partial charge in [0.25, 0.3) is 0 Å². The Bertz CT molecular complexity index is 997. The summed E-state index contributed by atoms with van der Waals surface area (Å²) in [4.78, 5) is 30.9. The molecular weight excluding hydrogens is 458 g/mol. The highest BCUT2D eigenvalue weighted by atomic mass is 19.1. The number of hydrogen-bond donors (Lipinski definition) is 0. The highest BCUT2D eigenvalue weighted by molar-refractivity contribution is 5.82. The maximum absolute atomic E-state index is 13.6. The van der Waals surface area contributed by atoms with Crippen LogP contribution in [0.2, 0.25) is 0 Å². The van der Waals surface area contributed by atoms with Gasteiger partial charge in [0.15, 0.2) is 0 Å². The van der Waals surface area contributed by atoms with Crippen molar-refractivity contribution >= 4 is 11.8 Å². The van der Waals surface area contributed by atoms with Crippen molar-refractivity contribution in [1.29, 1.82) is 0 Å². The zero-order valence-electron chi connectivity index (χ0n) is 20.9. The normalized spacial score (nSPS) is 26.4. The van der Waals surface area contributed by atoms with E-state index in [1.165, 1.54) is 12.1 Å². The lowest BCUT2D eigenvalue weighted by molar-refractivity contribution is -0.142. The average molecular weight is 495 g/mol. The Morgan fingerprint density at radius 3 is 1.47 bits per heavy atom. The van der Waals surface area contributed by atoms with Crippen LogP contribution in [0.1, 0.15) is 62.5 Å². The Hall–Kier alpha value is -2.76. The molecule has 2 aromatic rings. The Labute approximate surface area is 212 Å². The van der Waals surface area contributed by atoms with Crippen LogP contribution in [0.3, 0.4) is 0 Å². The van der Waals surface area contributed by atoms with Crippen LogP contribution in [-0.4, -0.2) is 46.8 Å². The first kappa shape index (κ1) is 24.9. The van der Waals surface area contributed by atoms with Crippen molar-refractivity contribution in [1.82, 2.24) is 9.80 Å². The van der Waals surface area contributed by atoms with Crippen molar-refractivity contribution in [2.24, 2.45) is 11.8 Å². The molecule has 3 aliphatic rings. The van der Waals surface area contributed by atoms with Crippen molar-refractivity contribution in [3.63, 3.8) is 0 Å². The van der Waals surface area contributed by atoms with E-state index in [2.05, 4.69) is 0 Å². The minimum Gasteiger partial charge on any atom is -0.339 e. The smallest absolute Gasteiger partial charge is 0.225 e. The highest BCUT2D eigenvalue weighted by Gasteiger charge is 2.39. The maximum Gasteiger partial charge on any atom is 0.225 e. The molecule has 0 N–H and O–H groups in total. The van der Waals surface area contributed by atoms with Gasteiger partial charge in [0.1, 0.15) is 11.6 Å². The van der Waals surface area contributed by atoms with Crippen LogP contribution in [0.4, 0.5) is 8.78 Å². The third-order valence-corrected chi connectivity index (χ3v) is 8.47. The molecule has 2 aliphatic heterocycles. The summed E-state index contributed by atoms with van der Waals surface area (Å²) in [6.07, 6.45) is 8.28. The lowest BCUT2D eigenvalue weighted by Crippen LogP contribution is -2.44. The van der Waals surface area contributed by atoms with E-state index in [9.17, 15) is 18.4 Å². The summed E-state index contributed by atoms with van der Waals surface area (Å²) >= 11 is 0. The molecule has 36 heavy (non-hydrogen) atoms. The van der Waals surface area contributed by atoms with Gasteiger partial charge in [-0.25, -0.2) is 8.78 Å². The second-order valence-corrected chi connectivity index (χ2v) is 10.9. The molecule has 6 heteroatoms. The van der Waals surface area contributed by atoms with Crippen molar-refractivity contribution in [2.75, 3.05) is 13.1 Å². The molecule has 2 atom stereocenters. The van der Waals surface area contributed by atoms with Crippen molar-refractivity contribution < 1.29 is 18.4 Å². The molecule has 2 unspecified atom stereocenters. The summed E-state index contributed by atoms with van der Waals surface area (Å²) in [5, 5.41) is 0. The Morgan fingerprint density at radius 1 is 0.667 bits per heavy atom. The summed E-state index contributed by atoms with van der Waals surface area (Å²) in [5.41, 5.74) is 1.87. The predicted molar refractivity (Wildman–Crippen MR) is 135 cm³/mol. The fourth-order valence-corrected chi connectivity index (χ4v) is 6.60. The fraction of sp³-hybridized carbons (Fsp3) is 0.533. The molecule has 5 rings (SSSR count). The van der Waals surface area contributed by atoms with Crippen LogP contribution in [0.25, 0.3) is 0 Å². The number of carbonyl (C=O) groups is 2. The SMILES string of the molecule is O=C(C1CCC(C(=O)N2CCCC2Cc2cccc(F)c2)CC1)N1CCCC1Cc1cccc(F)c1. The van der Waals surface area contributed by atoms with Gasteiger partial charge in [0.2, 0.25) is 11.8 Å². The topological polar surface area (TPSA) is 40.6 Å². The van der Waals surface area contributed by atoms with Crippen LogP contribution in [-0.2, 0) is 22.4 Å². The summed E-state index contributed by atoms with van der Waals surface area (Å²) in [6.45, 7) is 1.54. The number of hydrogen-bond acceptors (Lipinski definition) is 2. The van der Waals surface area contributed by atoms with Crippen LogP contribution < -0.4 is 0 Å². The number of halogens is 2. The molecule has 2 aromatic carbocycles. The van der Waals surface area contributed by atoms with E-state index in [0.717, 1.165) is 75.6 Å². The first-order valence-corrected chi connectivity index (χ1v) is 13.6. The molecule has 192 valence electrons. The van der Waals surface area contributed by atoms with E-state index in [1.54, 1.807) is 24.3 Å². The summed E-state index contributed by atoms with van der Waals surface area (Å²) < 4.78 is 27.2. The lowest BCUT2D eigenvalue weighted by Gasteiger charge is -2.35. The van der Waals surface area contributed by atoms with Gasteiger partial charge >= 0.3 is 0 Å². The average Bonchev–Trinajstić information content (AvgIpc) is 3.53. The standard InChI is InChI=1S/C30H36F2N2O2/c31-25-7-1-5-21(17-25)19-27-9-3-15-33(27)29(35)23-11-13-24(14-12-23)30(36)34-16-4-10-28(34)20-22-6-2-8-26(32)18-22/h1-2,5-8,17-18,23-24,27-28H,3-4,9-16,19-20H2. The first-order chi connectivity index (χ1) is 17.5. The van der Waals surface area contributed by atoms with Gasteiger partial charge in [-0.3, -0.25) is 9.59 Å². The number of benzene rings is 2. The molecule has 0 radical (unpaired) electrons. The summed E-state index contributed by atoms with van der Waals surface area (Å²) in [5.74, 6) is -0.0901. The van der Waals surface area contributed by atoms with E-state index >= 15 is 0 Å². The fourth-order valence-electron chi connectivity index (χ4n) is 6.60. The molecule has 4 nitrogen and oxygen atoms in total. The van der Waals surface area contributed by atoms with E-state index in [0.29, 0.717) is 12.8 Å². The molecule has 0 bridgehead atoms. The third kappa shape index (κ3) is 5.63. The lowest BCUT2D eigenvalue weighted by atomic mass is 9.80. The summed E-state index contributed by atoms with van der Waals surface area (Å²) in [6, 6.07) is 13.6. The molecule has 3 fully saturated rings. The molecule has 2 heterocycles. The van der Waals surface area contributed by atoms with E-state index in [4.69, 9.17) is 0 Å². The Kier molecular flexibility index (Phi) is 7.68. The van der Waals surface area contributed by atoms with Crippen LogP contribution in [0.5, 0.6) is 0 Å². The van der Waals surface area contributed by atoms with Crippen molar-refractivity contribution in [2.45, 2.75) is 76.3 Å². The molecule has 1 saturated carbocycles. The number of likely N-dealkylation sites (tertiary alicyclic amines) is 2. The number of nitrogens with zero attached hydrogens (tertiary/aromatic N) is 2. The molecule has 0 spiro atoms. The second-order valence-electron chi connectivity index (χ2n) is 10.9. The molecular formula is C30H36F2N2O2. The van der Waals surface area contributed by atoms with Gasteiger partial charge < -0.3 is 9.80 Å². The van der Waals surface area contributed by atoms with Gasteiger partial charge in [0.05, 0.1) is 0 Å². The van der Waals surface area contributed by atoms with E-state index in [1.807, 2.05) is 21.9 Å². The number of carbonyl (C=O) groups excluding carboxylic acids is 2. The quantitative estimate of drug-likeness (QED) is 0.529. The maximum atomic E-state index is 13.6.